The van der Waals surface area contributed by atoms with Crippen LogP contribution in [-0.4, -0.2) is 45.4 Å². The van der Waals surface area contributed by atoms with Crippen LogP contribution in [0.15, 0.2) is 18.5 Å². The van der Waals surface area contributed by atoms with Gasteiger partial charge in [-0.3, -0.25) is 0 Å². The van der Waals surface area contributed by atoms with Crippen molar-refractivity contribution in [2.75, 3.05) is 25.4 Å². The summed E-state index contributed by atoms with van der Waals surface area (Å²) in [7, 11) is 0. The molecular formula is C19H22F3N5O. The third-order valence-electron chi connectivity index (χ3n) is 6.10. The van der Waals surface area contributed by atoms with Gasteiger partial charge in [0, 0.05) is 43.0 Å². The molecule has 2 aliphatic carbocycles. The molecule has 3 fully saturated rings. The number of halogens is 3. The number of nitrogen functional groups attached to an aromatic ring is 1. The largest absolute Gasteiger partial charge is 0.573 e. The molecule has 1 unspecified atom stereocenters. The Balaban J connectivity index is 1.45. The number of hydrogen-bond acceptors (Lipinski definition) is 5. The zero-order chi connectivity index (χ0) is 19.6. The Labute approximate surface area is 160 Å². The van der Waals surface area contributed by atoms with Gasteiger partial charge in [0.2, 0.25) is 0 Å². The lowest BCUT2D eigenvalue weighted by molar-refractivity contribution is -0.274. The number of ether oxygens (including phenoxy) is 1. The van der Waals surface area contributed by atoms with Crippen molar-refractivity contribution < 1.29 is 17.9 Å². The molecule has 9 heteroatoms. The Kier molecular flexibility index (Phi) is 3.88. The molecule has 28 heavy (non-hydrogen) atoms. The highest BCUT2D eigenvalue weighted by Crippen LogP contribution is 2.57. The van der Waals surface area contributed by atoms with Gasteiger partial charge in [0.05, 0.1) is 5.69 Å². The fourth-order valence-electron chi connectivity index (χ4n) is 4.48. The molecule has 0 bridgehead atoms. The van der Waals surface area contributed by atoms with Crippen LogP contribution >= 0.6 is 0 Å². The molecule has 6 nitrogen and oxygen atoms in total. The lowest BCUT2D eigenvalue weighted by Crippen LogP contribution is -2.24. The molecule has 2 saturated carbocycles. The van der Waals surface area contributed by atoms with Crippen LogP contribution < -0.4 is 10.5 Å². The minimum atomic E-state index is -4.82. The van der Waals surface area contributed by atoms with Crippen molar-refractivity contribution >= 4 is 5.82 Å². The second kappa shape index (κ2) is 6.10. The van der Waals surface area contributed by atoms with Crippen LogP contribution in [0, 0.1) is 11.8 Å². The van der Waals surface area contributed by atoms with Crippen molar-refractivity contribution in [1.82, 2.24) is 19.4 Å². The molecule has 2 N–H and O–H groups in total. The summed E-state index contributed by atoms with van der Waals surface area (Å²) in [6.07, 6.45) is 0.833. The Hall–Kier alpha value is -2.29. The van der Waals surface area contributed by atoms with Crippen LogP contribution in [0.3, 0.4) is 0 Å². The fraction of sp³-hybridized carbons (Fsp3) is 0.579. The summed E-state index contributed by atoms with van der Waals surface area (Å²) >= 11 is 0. The van der Waals surface area contributed by atoms with Gasteiger partial charge >= 0.3 is 6.36 Å². The van der Waals surface area contributed by atoms with Gasteiger partial charge in [-0.2, -0.15) is 0 Å². The van der Waals surface area contributed by atoms with E-state index >= 15 is 0 Å². The predicted molar refractivity (Wildman–Crippen MR) is 96.7 cm³/mol. The average Bonchev–Trinajstić information content (AvgIpc) is 3.51. The third-order valence-corrected chi connectivity index (χ3v) is 6.10. The van der Waals surface area contributed by atoms with Crippen molar-refractivity contribution in [1.29, 1.82) is 0 Å². The highest BCUT2D eigenvalue weighted by Gasteiger charge is 2.57. The quantitative estimate of drug-likeness (QED) is 0.843. The predicted octanol–water partition coefficient (Wildman–Crippen LogP) is 3.43. The number of rotatable bonds is 5. The van der Waals surface area contributed by atoms with Crippen LogP contribution in [0.4, 0.5) is 19.0 Å². The first-order valence-electron chi connectivity index (χ1n) is 9.67. The maximum Gasteiger partial charge on any atom is 0.573 e. The van der Waals surface area contributed by atoms with Crippen molar-refractivity contribution in [3.8, 4) is 17.0 Å². The van der Waals surface area contributed by atoms with E-state index in [1.165, 1.54) is 12.3 Å². The standard InChI is InChI=1S/C19H22F3N5O/c1-2-26-7-12-13(8-26)16(12)27-9-14(25-18(27)10-3-4-10)11-5-15(17(23)24-6-11)28-19(20,21)22/h5-6,9-10,12-13,16H,2-4,7-8H2,1H3,(H2,23,24)/t12-,13+,16?. The van der Waals surface area contributed by atoms with E-state index in [4.69, 9.17) is 10.7 Å². The Bertz CT molecular complexity index is 895. The van der Waals surface area contributed by atoms with E-state index in [1.54, 1.807) is 0 Å². The summed E-state index contributed by atoms with van der Waals surface area (Å²) in [4.78, 5) is 11.1. The van der Waals surface area contributed by atoms with Crippen molar-refractivity contribution in [2.24, 2.45) is 11.8 Å². The highest BCUT2D eigenvalue weighted by molar-refractivity contribution is 5.64. The van der Waals surface area contributed by atoms with Crippen LogP contribution in [0.1, 0.15) is 37.5 Å². The molecule has 1 aliphatic heterocycles. The minimum absolute atomic E-state index is 0.292. The van der Waals surface area contributed by atoms with Crippen LogP contribution in [-0.2, 0) is 0 Å². The van der Waals surface area contributed by atoms with E-state index in [2.05, 4.69) is 26.1 Å². The summed E-state index contributed by atoms with van der Waals surface area (Å²) in [5, 5.41) is 0. The van der Waals surface area contributed by atoms with Gasteiger partial charge in [-0.15, -0.1) is 13.2 Å². The van der Waals surface area contributed by atoms with Crippen molar-refractivity contribution in [2.45, 2.75) is 38.1 Å². The topological polar surface area (TPSA) is 69.2 Å². The molecule has 0 amide bonds. The molecular weight excluding hydrogens is 371 g/mol. The number of piperidine rings is 1. The van der Waals surface area contributed by atoms with Crippen molar-refractivity contribution in [3.05, 3.63) is 24.3 Å². The Morgan fingerprint density at radius 1 is 1.25 bits per heavy atom. The molecule has 2 aromatic heterocycles. The number of fused-ring (bicyclic) bond motifs is 1. The second-order valence-corrected chi connectivity index (χ2v) is 7.99. The van der Waals surface area contributed by atoms with E-state index in [1.807, 2.05) is 6.20 Å². The minimum Gasteiger partial charge on any atom is -0.402 e. The van der Waals surface area contributed by atoms with Crippen LogP contribution in [0.2, 0.25) is 0 Å². The number of alkyl halides is 3. The number of imidazole rings is 1. The molecule has 2 aromatic rings. The zero-order valence-corrected chi connectivity index (χ0v) is 15.5. The summed E-state index contributed by atoms with van der Waals surface area (Å²) in [5.41, 5.74) is 6.65. The van der Waals surface area contributed by atoms with Gasteiger partial charge in [0.15, 0.2) is 11.6 Å². The van der Waals surface area contributed by atoms with E-state index in [9.17, 15) is 13.2 Å². The van der Waals surface area contributed by atoms with E-state index in [0.717, 1.165) is 38.3 Å². The number of pyridine rings is 1. The molecule has 150 valence electrons. The van der Waals surface area contributed by atoms with Gasteiger partial charge in [-0.1, -0.05) is 6.92 Å². The number of anilines is 1. The number of likely N-dealkylation sites (tertiary alicyclic amines) is 1. The first kappa shape index (κ1) is 17.8. The van der Waals surface area contributed by atoms with Crippen LogP contribution in [0.5, 0.6) is 5.75 Å². The summed E-state index contributed by atoms with van der Waals surface area (Å²) in [6, 6.07) is 1.72. The molecule has 3 atom stereocenters. The van der Waals surface area contributed by atoms with Gasteiger partial charge in [-0.05, 0) is 37.3 Å². The summed E-state index contributed by atoms with van der Waals surface area (Å²) in [5.74, 6) is 2.01. The summed E-state index contributed by atoms with van der Waals surface area (Å²) < 4.78 is 44.1. The normalized spacial score (nSPS) is 27.1. The molecule has 1 saturated heterocycles. The van der Waals surface area contributed by atoms with Gasteiger partial charge in [-0.25, -0.2) is 9.97 Å². The maximum absolute atomic E-state index is 12.6. The van der Waals surface area contributed by atoms with E-state index in [-0.39, 0.29) is 5.82 Å². The molecule has 0 radical (unpaired) electrons. The van der Waals surface area contributed by atoms with Gasteiger partial charge in [0.25, 0.3) is 0 Å². The first-order chi connectivity index (χ1) is 13.3. The first-order valence-corrected chi connectivity index (χ1v) is 9.67. The fourth-order valence-corrected chi connectivity index (χ4v) is 4.48. The maximum atomic E-state index is 12.6. The molecule has 5 rings (SSSR count). The third kappa shape index (κ3) is 3.11. The zero-order valence-electron chi connectivity index (χ0n) is 15.5. The molecule has 0 spiro atoms. The number of hydrogen-bond donors (Lipinski definition) is 1. The van der Waals surface area contributed by atoms with Crippen LogP contribution in [0.25, 0.3) is 11.3 Å². The molecule has 3 aliphatic rings. The smallest absolute Gasteiger partial charge is 0.402 e. The SMILES string of the molecule is CCN1C[C@@H]2C(n3cc(-c4cnc(N)c(OC(F)(F)F)c4)nc3C3CC3)[C@@H]2C1. The lowest BCUT2D eigenvalue weighted by Gasteiger charge is -2.18. The van der Waals surface area contributed by atoms with E-state index in [0.29, 0.717) is 35.1 Å². The number of nitrogens with two attached hydrogens (primary N) is 1. The van der Waals surface area contributed by atoms with E-state index < -0.39 is 12.1 Å². The Morgan fingerprint density at radius 3 is 2.57 bits per heavy atom. The highest BCUT2D eigenvalue weighted by atomic mass is 19.4. The van der Waals surface area contributed by atoms with Gasteiger partial charge in [0.1, 0.15) is 5.82 Å². The summed E-state index contributed by atoms with van der Waals surface area (Å²) in [6.45, 7) is 5.47. The lowest BCUT2D eigenvalue weighted by atomic mass is 10.2. The number of nitrogens with zero attached hydrogens (tertiary/aromatic N) is 4. The monoisotopic (exact) mass is 393 g/mol. The van der Waals surface area contributed by atoms with Gasteiger partial charge < -0.3 is 19.9 Å². The second-order valence-electron chi connectivity index (χ2n) is 7.99. The average molecular weight is 393 g/mol. The molecule has 0 aromatic carbocycles. The Morgan fingerprint density at radius 2 is 1.96 bits per heavy atom. The van der Waals surface area contributed by atoms with Crippen molar-refractivity contribution in [3.63, 3.8) is 0 Å². The molecule has 3 heterocycles. The number of aromatic nitrogens is 3.